The molecule has 0 radical (unpaired) electrons. The Morgan fingerprint density at radius 1 is 1.50 bits per heavy atom. The SMILES string of the molecule is Cc1noc2ncc(C(=O)NC(CO)CO)cc12. The van der Waals surface area contributed by atoms with Crippen molar-refractivity contribution in [2.75, 3.05) is 13.2 Å². The molecule has 0 spiro atoms. The van der Waals surface area contributed by atoms with E-state index in [-0.39, 0.29) is 13.2 Å². The van der Waals surface area contributed by atoms with Crippen molar-refractivity contribution in [1.82, 2.24) is 15.5 Å². The van der Waals surface area contributed by atoms with Crippen molar-refractivity contribution >= 4 is 17.0 Å². The van der Waals surface area contributed by atoms with Crippen LogP contribution >= 0.6 is 0 Å². The molecule has 2 rings (SSSR count). The van der Waals surface area contributed by atoms with Crippen LogP contribution in [0.25, 0.3) is 11.1 Å². The minimum Gasteiger partial charge on any atom is -0.394 e. The zero-order valence-corrected chi connectivity index (χ0v) is 9.75. The molecule has 0 atom stereocenters. The van der Waals surface area contributed by atoms with Gasteiger partial charge in [0.05, 0.1) is 35.9 Å². The molecular formula is C11H13N3O4. The van der Waals surface area contributed by atoms with Gasteiger partial charge in [-0.25, -0.2) is 4.98 Å². The number of pyridine rings is 1. The highest BCUT2D eigenvalue weighted by Gasteiger charge is 2.14. The predicted octanol–water partition coefficient (Wildman–Crippen LogP) is -0.386. The van der Waals surface area contributed by atoms with Gasteiger partial charge in [0.1, 0.15) is 0 Å². The third kappa shape index (κ3) is 2.31. The molecule has 2 aromatic rings. The second-order valence-electron chi connectivity index (χ2n) is 3.88. The molecule has 2 aromatic heterocycles. The van der Waals surface area contributed by atoms with Crippen LogP contribution in [-0.2, 0) is 0 Å². The molecule has 0 aliphatic carbocycles. The van der Waals surface area contributed by atoms with Crippen molar-refractivity contribution in [2.45, 2.75) is 13.0 Å². The van der Waals surface area contributed by atoms with E-state index in [1.165, 1.54) is 6.20 Å². The molecular weight excluding hydrogens is 238 g/mol. The Kier molecular flexibility index (Phi) is 3.54. The summed E-state index contributed by atoms with van der Waals surface area (Å²) in [6, 6.07) is 0.923. The van der Waals surface area contributed by atoms with Gasteiger partial charge >= 0.3 is 0 Å². The van der Waals surface area contributed by atoms with Gasteiger partial charge in [-0.3, -0.25) is 4.79 Å². The van der Waals surface area contributed by atoms with Gasteiger partial charge in [-0.15, -0.1) is 0 Å². The summed E-state index contributed by atoms with van der Waals surface area (Å²) < 4.78 is 4.93. The smallest absolute Gasteiger partial charge is 0.257 e. The number of carbonyl (C=O) groups excluding carboxylic acids is 1. The molecule has 0 unspecified atom stereocenters. The molecule has 7 heteroatoms. The molecule has 2 heterocycles. The summed E-state index contributed by atoms with van der Waals surface area (Å²) in [5.41, 5.74) is 1.33. The first-order chi connectivity index (χ1) is 8.65. The average molecular weight is 251 g/mol. The van der Waals surface area contributed by atoms with E-state index in [1.54, 1.807) is 13.0 Å². The molecule has 0 aliphatic rings. The van der Waals surface area contributed by atoms with Gasteiger partial charge < -0.3 is 20.1 Å². The van der Waals surface area contributed by atoms with Crippen molar-refractivity contribution in [1.29, 1.82) is 0 Å². The lowest BCUT2D eigenvalue weighted by Crippen LogP contribution is -2.40. The van der Waals surface area contributed by atoms with E-state index in [0.717, 1.165) is 0 Å². The van der Waals surface area contributed by atoms with Crippen molar-refractivity contribution in [2.24, 2.45) is 0 Å². The zero-order chi connectivity index (χ0) is 13.1. The predicted molar refractivity (Wildman–Crippen MR) is 62.0 cm³/mol. The largest absolute Gasteiger partial charge is 0.394 e. The molecule has 0 saturated heterocycles. The Hall–Kier alpha value is -1.99. The minimum absolute atomic E-state index is 0.320. The molecule has 0 bridgehead atoms. The number of aliphatic hydroxyl groups is 2. The number of nitrogens with one attached hydrogen (secondary N) is 1. The fraction of sp³-hybridized carbons (Fsp3) is 0.364. The van der Waals surface area contributed by atoms with Crippen molar-refractivity contribution in [3.63, 3.8) is 0 Å². The van der Waals surface area contributed by atoms with Crippen LogP contribution in [-0.4, -0.2) is 45.5 Å². The molecule has 0 saturated carbocycles. The normalized spacial score (nSPS) is 11.1. The second kappa shape index (κ2) is 5.11. The van der Waals surface area contributed by atoms with Crippen LogP contribution in [0.15, 0.2) is 16.8 Å². The number of rotatable bonds is 4. The molecule has 96 valence electrons. The van der Waals surface area contributed by atoms with Crippen molar-refractivity contribution < 1.29 is 19.5 Å². The number of aryl methyl sites for hydroxylation is 1. The van der Waals surface area contributed by atoms with Gasteiger partial charge in [0.15, 0.2) is 0 Å². The number of fused-ring (bicyclic) bond motifs is 1. The average Bonchev–Trinajstić information content (AvgIpc) is 2.77. The van der Waals surface area contributed by atoms with E-state index in [4.69, 9.17) is 14.7 Å². The Morgan fingerprint density at radius 2 is 2.22 bits per heavy atom. The van der Waals surface area contributed by atoms with Crippen LogP contribution in [0, 0.1) is 6.92 Å². The third-order valence-corrected chi connectivity index (χ3v) is 2.55. The molecule has 18 heavy (non-hydrogen) atoms. The number of hydrogen-bond acceptors (Lipinski definition) is 6. The van der Waals surface area contributed by atoms with Crippen LogP contribution in [0.4, 0.5) is 0 Å². The molecule has 0 aromatic carbocycles. The quantitative estimate of drug-likeness (QED) is 0.683. The van der Waals surface area contributed by atoms with Gasteiger partial charge in [0.2, 0.25) is 0 Å². The van der Waals surface area contributed by atoms with Crippen LogP contribution in [0.3, 0.4) is 0 Å². The van der Waals surface area contributed by atoms with Crippen LogP contribution < -0.4 is 5.32 Å². The van der Waals surface area contributed by atoms with E-state index < -0.39 is 11.9 Å². The highest BCUT2D eigenvalue weighted by molar-refractivity contribution is 5.97. The highest BCUT2D eigenvalue weighted by Crippen LogP contribution is 2.16. The minimum atomic E-state index is -0.684. The Bertz CT molecular complexity index is 562. The van der Waals surface area contributed by atoms with Crippen molar-refractivity contribution in [3.05, 3.63) is 23.5 Å². The van der Waals surface area contributed by atoms with E-state index >= 15 is 0 Å². The lowest BCUT2D eigenvalue weighted by Gasteiger charge is -2.12. The van der Waals surface area contributed by atoms with Crippen molar-refractivity contribution in [3.8, 4) is 0 Å². The van der Waals surface area contributed by atoms with Crippen LogP contribution in [0.5, 0.6) is 0 Å². The van der Waals surface area contributed by atoms with Gasteiger partial charge in [-0.1, -0.05) is 5.16 Å². The van der Waals surface area contributed by atoms with Gasteiger partial charge in [0.25, 0.3) is 11.6 Å². The standard InChI is InChI=1S/C11H13N3O4/c1-6-9-2-7(3-12-11(9)18-14-6)10(17)13-8(4-15)5-16/h2-3,8,15-16H,4-5H2,1H3,(H,13,17). The first kappa shape index (κ1) is 12.5. The lowest BCUT2D eigenvalue weighted by atomic mass is 10.2. The van der Waals surface area contributed by atoms with E-state index in [2.05, 4.69) is 15.5 Å². The summed E-state index contributed by atoms with van der Waals surface area (Å²) in [6.07, 6.45) is 1.36. The Balaban J connectivity index is 2.24. The third-order valence-electron chi connectivity index (χ3n) is 2.55. The number of hydrogen-bond donors (Lipinski definition) is 3. The first-order valence-corrected chi connectivity index (χ1v) is 5.40. The molecule has 1 amide bonds. The summed E-state index contributed by atoms with van der Waals surface area (Å²) in [7, 11) is 0. The topological polar surface area (TPSA) is 108 Å². The van der Waals surface area contributed by atoms with Gasteiger partial charge in [-0.05, 0) is 13.0 Å². The fourth-order valence-corrected chi connectivity index (χ4v) is 1.49. The molecule has 0 fully saturated rings. The summed E-state index contributed by atoms with van der Waals surface area (Å²) in [6.45, 7) is 1.09. The molecule has 7 nitrogen and oxygen atoms in total. The maximum absolute atomic E-state index is 11.8. The highest BCUT2D eigenvalue weighted by atomic mass is 16.5. The Morgan fingerprint density at radius 3 is 2.89 bits per heavy atom. The van der Waals surface area contributed by atoms with Gasteiger partial charge in [-0.2, -0.15) is 0 Å². The monoisotopic (exact) mass is 251 g/mol. The maximum atomic E-state index is 11.8. The lowest BCUT2D eigenvalue weighted by molar-refractivity contribution is 0.0879. The zero-order valence-electron chi connectivity index (χ0n) is 9.75. The number of nitrogens with zero attached hydrogens (tertiary/aromatic N) is 2. The van der Waals surface area contributed by atoms with E-state index in [9.17, 15) is 4.79 Å². The second-order valence-corrected chi connectivity index (χ2v) is 3.88. The molecule has 3 N–H and O–H groups in total. The Labute approximate surface area is 102 Å². The number of carbonyl (C=O) groups is 1. The van der Waals surface area contributed by atoms with Gasteiger partial charge in [0, 0.05) is 6.20 Å². The van der Waals surface area contributed by atoms with E-state index in [0.29, 0.717) is 22.4 Å². The number of aliphatic hydroxyl groups excluding tert-OH is 2. The first-order valence-electron chi connectivity index (χ1n) is 5.40. The van der Waals surface area contributed by atoms with Crippen LogP contribution in [0.1, 0.15) is 16.1 Å². The fourth-order valence-electron chi connectivity index (χ4n) is 1.49. The number of amides is 1. The summed E-state index contributed by atoms with van der Waals surface area (Å²) in [5.74, 6) is -0.418. The summed E-state index contributed by atoms with van der Waals surface area (Å²) in [4.78, 5) is 15.8. The summed E-state index contributed by atoms with van der Waals surface area (Å²) in [5, 5.41) is 24.7. The maximum Gasteiger partial charge on any atom is 0.257 e. The van der Waals surface area contributed by atoms with Crippen LogP contribution in [0.2, 0.25) is 0 Å². The molecule has 0 aliphatic heterocycles. The van der Waals surface area contributed by atoms with E-state index in [1.807, 2.05) is 0 Å². The summed E-state index contributed by atoms with van der Waals surface area (Å²) >= 11 is 0. The number of aromatic nitrogens is 2.